The number of aliphatic hydroxyl groups excluding tert-OH is 1. The Morgan fingerprint density at radius 2 is 2.08 bits per heavy atom. The van der Waals surface area contributed by atoms with Crippen molar-refractivity contribution in [3.63, 3.8) is 0 Å². The average Bonchev–Trinajstić information content (AvgIpc) is 3.30. The van der Waals surface area contributed by atoms with Crippen LogP contribution in [0.2, 0.25) is 5.02 Å². The first-order valence-electron chi connectivity index (χ1n) is 7.54. The Kier molecular flexibility index (Phi) is 6.01. The Morgan fingerprint density at radius 3 is 2.77 bits per heavy atom. The smallest absolute Gasteiger partial charge is 0.244 e. The number of halogens is 1. The maximum atomic E-state index is 12.5. The molecule has 2 aromatic heterocycles. The Morgan fingerprint density at radius 1 is 1.27 bits per heavy atom. The van der Waals surface area contributed by atoms with Gasteiger partial charge in [-0.25, -0.2) is 13.1 Å². The van der Waals surface area contributed by atoms with Gasteiger partial charge in [0.1, 0.15) is 16.7 Å². The molecule has 0 amide bonds. The summed E-state index contributed by atoms with van der Waals surface area (Å²) in [5.41, 5.74) is 1.09. The Hall–Kier alpha value is -1.42. The molecule has 0 radical (unpaired) electrons. The van der Waals surface area contributed by atoms with E-state index in [0.717, 1.165) is 10.4 Å². The molecule has 3 rings (SSSR count). The van der Waals surface area contributed by atoms with Gasteiger partial charge in [-0.05, 0) is 47.2 Å². The van der Waals surface area contributed by atoms with E-state index in [9.17, 15) is 13.5 Å². The van der Waals surface area contributed by atoms with Gasteiger partial charge in [0, 0.05) is 26.9 Å². The van der Waals surface area contributed by atoms with E-state index in [1.54, 1.807) is 23.5 Å². The SMILES string of the molecule is COc1ccc(Cl)cc1S(=O)(=O)NCC(O)c1ccc(-c2ccsc2)s1. The molecule has 0 fully saturated rings. The van der Waals surface area contributed by atoms with Gasteiger partial charge in [0.25, 0.3) is 0 Å². The van der Waals surface area contributed by atoms with Gasteiger partial charge < -0.3 is 9.84 Å². The largest absolute Gasteiger partial charge is 0.495 e. The van der Waals surface area contributed by atoms with Crippen LogP contribution in [0, 0.1) is 0 Å². The highest BCUT2D eigenvalue weighted by Gasteiger charge is 2.22. The maximum absolute atomic E-state index is 12.5. The second kappa shape index (κ2) is 8.08. The van der Waals surface area contributed by atoms with Crippen molar-refractivity contribution in [1.82, 2.24) is 4.72 Å². The zero-order valence-corrected chi connectivity index (χ0v) is 16.9. The van der Waals surface area contributed by atoms with E-state index in [1.807, 2.05) is 22.9 Å². The van der Waals surface area contributed by atoms with Crippen LogP contribution in [0.5, 0.6) is 5.75 Å². The lowest BCUT2D eigenvalue weighted by Crippen LogP contribution is -2.28. The highest BCUT2D eigenvalue weighted by molar-refractivity contribution is 7.89. The van der Waals surface area contributed by atoms with E-state index in [-0.39, 0.29) is 22.2 Å². The molecule has 0 bridgehead atoms. The zero-order valence-electron chi connectivity index (χ0n) is 13.7. The number of ether oxygens (including phenoxy) is 1. The van der Waals surface area contributed by atoms with Crippen molar-refractivity contribution in [3.05, 3.63) is 57.1 Å². The minimum atomic E-state index is -3.88. The molecule has 5 nitrogen and oxygen atoms in total. The standard InChI is InChI=1S/C17H16ClNO4S3/c1-23-14-3-2-12(18)8-17(14)26(21,22)19-9-13(20)16-5-4-15(25-16)11-6-7-24-10-11/h2-8,10,13,19-20H,9H2,1H3. The number of benzene rings is 1. The van der Waals surface area contributed by atoms with E-state index in [2.05, 4.69) is 4.72 Å². The number of hydrogen-bond donors (Lipinski definition) is 2. The molecule has 0 aliphatic heterocycles. The molecule has 1 aromatic carbocycles. The third-order valence-corrected chi connectivity index (χ3v) is 7.24. The van der Waals surface area contributed by atoms with Crippen molar-refractivity contribution in [1.29, 1.82) is 0 Å². The van der Waals surface area contributed by atoms with Crippen LogP contribution in [-0.2, 0) is 10.0 Å². The van der Waals surface area contributed by atoms with Crippen LogP contribution in [-0.4, -0.2) is 27.2 Å². The molecule has 2 N–H and O–H groups in total. The van der Waals surface area contributed by atoms with Crippen molar-refractivity contribution in [2.75, 3.05) is 13.7 Å². The van der Waals surface area contributed by atoms with Crippen LogP contribution >= 0.6 is 34.3 Å². The molecule has 0 saturated carbocycles. The fourth-order valence-corrected chi connectivity index (χ4v) is 5.51. The number of thiophene rings is 2. The summed E-state index contributed by atoms with van der Waals surface area (Å²) in [6, 6.07) is 10.1. The number of nitrogens with one attached hydrogen (secondary N) is 1. The Balaban J connectivity index is 1.73. The van der Waals surface area contributed by atoms with Gasteiger partial charge in [-0.3, -0.25) is 0 Å². The molecular weight excluding hydrogens is 414 g/mol. The molecule has 1 unspecified atom stereocenters. The molecule has 0 saturated heterocycles. The van der Waals surface area contributed by atoms with Crippen LogP contribution in [0.3, 0.4) is 0 Å². The van der Waals surface area contributed by atoms with Crippen molar-refractivity contribution in [3.8, 4) is 16.2 Å². The topological polar surface area (TPSA) is 75.6 Å². The van der Waals surface area contributed by atoms with E-state index < -0.39 is 16.1 Å². The summed E-state index contributed by atoms with van der Waals surface area (Å²) in [5, 5.41) is 14.6. The quantitative estimate of drug-likeness (QED) is 0.591. The third-order valence-electron chi connectivity index (χ3n) is 3.64. The number of rotatable bonds is 7. The number of sulfonamides is 1. The van der Waals surface area contributed by atoms with Crippen molar-refractivity contribution in [2.45, 2.75) is 11.0 Å². The van der Waals surface area contributed by atoms with Gasteiger partial charge in [-0.2, -0.15) is 11.3 Å². The van der Waals surface area contributed by atoms with E-state index in [1.165, 1.54) is 30.6 Å². The average molecular weight is 430 g/mol. The third kappa shape index (κ3) is 4.28. The second-order valence-electron chi connectivity index (χ2n) is 5.38. The second-order valence-corrected chi connectivity index (χ2v) is 9.44. The molecule has 138 valence electrons. The lowest BCUT2D eigenvalue weighted by atomic mass is 10.2. The van der Waals surface area contributed by atoms with E-state index in [0.29, 0.717) is 4.88 Å². The molecule has 1 atom stereocenters. The van der Waals surface area contributed by atoms with Crippen LogP contribution in [0.4, 0.5) is 0 Å². The molecule has 26 heavy (non-hydrogen) atoms. The maximum Gasteiger partial charge on any atom is 0.244 e. The van der Waals surface area contributed by atoms with E-state index >= 15 is 0 Å². The highest BCUT2D eigenvalue weighted by atomic mass is 35.5. The van der Waals surface area contributed by atoms with Crippen LogP contribution < -0.4 is 9.46 Å². The minimum absolute atomic E-state index is 0.0650. The summed E-state index contributed by atoms with van der Waals surface area (Å²) in [4.78, 5) is 1.65. The van der Waals surface area contributed by atoms with E-state index in [4.69, 9.17) is 16.3 Å². The van der Waals surface area contributed by atoms with Gasteiger partial charge >= 0.3 is 0 Å². The Bertz CT molecular complexity index is 983. The van der Waals surface area contributed by atoms with Gasteiger partial charge in [0.15, 0.2) is 0 Å². The predicted molar refractivity (Wildman–Crippen MR) is 106 cm³/mol. The first-order chi connectivity index (χ1) is 12.4. The number of hydrogen-bond acceptors (Lipinski definition) is 6. The summed E-state index contributed by atoms with van der Waals surface area (Å²) < 4.78 is 32.6. The molecule has 0 aliphatic carbocycles. The normalized spacial score (nSPS) is 12.9. The van der Waals surface area contributed by atoms with Crippen molar-refractivity contribution < 1.29 is 18.3 Å². The summed E-state index contributed by atoms with van der Waals surface area (Å²) in [7, 11) is -2.49. The summed E-state index contributed by atoms with van der Waals surface area (Å²) in [6.45, 7) is -0.151. The molecule has 2 heterocycles. The van der Waals surface area contributed by atoms with Gasteiger partial charge in [-0.15, -0.1) is 11.3 Å². The van der Waals surface area contributed by atoms with Crippen LogP contribution in [0.1, 0.15) is 11.0 Å². The van der Waals surface area contributed by atoms with Gasteiger partial charge in [-0.1, -0.05) is 11.6 Å². The fourth-order valence-electron chi connectivity index (χ4n) is 2.32. The summed E-state index contributed by atoms with van der Waals surface area (Å²) in [6.07, 6.45) is -0.952. The first kappa shape index (κ1) is 19.3. The van der Waals surface area contributed by atoms with Gasteiger partial charge in [0.05, 0.1) is 7.11 Å². The summed E-state index contributed by atoms with van der Waals surface area (Å²) in [5.74, 6) is 0.187. The predicted octanol–water partition coefficient (Wildman–Crippen LogP) is 4.15. The molecule has 0 spiro atoms. The molecule has 9 heteroatoms. The molecule has 0 aliphatic rings. The Labute approximate surface area is 164 Å². The number of methoxy groups -OCH3 is 1. The lowest BCUT2D eigenvalue weighted by molar-refractivity contribution is 0.185. The summed E-state index contributed by atoms with van der Waals surface area (Å²) >= 11 is 8.92. The lowest BCUT2D eigenvalue weighted by Gasteiger charge is -2.13. The van der Waals surface area contributed by atoms with Crippen LogP contribution in [0.25, 0.3) is 10.4 Å². The first-order valence-corrected chi connectivity index (χ1v) is 11.2. The van der Waals surface area contributed by atoms with Crippen molar-refractivity contribution >= 4 is 44.3 Å². The minimum Gasteiger partial charge on any atom is -0.495 e. The van der Waals surface area contributed by atoms with Crippen LogP contribution in [0.15, 0.2) is 52.1 Å². The van der Waals surface area contributed by atoms with Crippen molar-refractivity contribution in [2.24, 2.45) is 0 Å². The fraction of sp³-hybridized carbons (Fsp3) is 0.176. The highest BCUT2D eigenvalue weighted by Crippen LogP contribution is 2.33. The number of aliphatic hydroxyl groups is 1. The molecular formula is C17H16ClNO4S3. The molecule has 3 aromatic rings. The zero-order chi connectivity index (χ0) is 18.7. The van der Waals surface area contributed by atoms with Gasteiger partial charge in [0.2, 0.25) is 10.0 Å². The monoisotopic (exact) mass is 429 g/mol.